The van der Waals surface area contributed by atoms with E-state index in [1.54, 1.807) is 24.3 Å². The number of hydrogen-bond acceptors (Lipinski definition) is 5. The van der Waals surface area contributed by atoms with Crippen LogP contribution in [0.1, 0.15) is 5.56 Å². The Morgan fingerprint density at radius 3 is 2.80 bits per heavy atom. The van der Waals surface area contributed by atoms with Gasteiger partial charge in [0, 0.05) is 26.7 Å². The average molecular weight is 398 g/mol. The van der Waals surface area contributed by atoms with Crippen molar-refractivity contribution in [2.24, 2.45) is 5.73 Å². The van der Waals surface area contributed by atoms with Crippen LogP contribution in [0, 0.1) is 5.41 Å². The number of anilines is 1. The van der Waals surface area contributed by atoms with Gasteiger partial charge in [-0.3, -0.25) is 10.2 Å². The molecule has 0 saturated heterocycles. The molecule has 0 aliphatic carbocycles. The Balaban J connectivity index is 2.02. The number of halogens is 1. The number of benzene rings is 2. The number of nitrogens with two attached hydrogens (primary N) is 2. The number of nitrogen functional groups attached to an aromatic ring is 2. The van der Waals surface area contributed by atoms with Crippen molar-refractivity contribution >= 4 is 49.5 Å². The van der Waals surface area contributed by atoms with Gasteiger partial charge < -0.3 is 20.9 Å². The van der Waals surface area contributed by atoms with Crippen LogP contribution in [0.25, 0.3) is 33.5 Å². The van der Waals surface area contributed by atoms with Crippen LogP contribution in [-0.2, 0) is 0 Å². The largest absolute Gasteiger partial charge is 0.449 e. The van der Waals surface area contributed by atoms with Crippen molar-refractivity contribution < 1.29 is 4.42 Å². The van der Waals surface area contributed by atoms with Crippen LogP contribution in [0.2, 0.25) is 0 Å². The number of fused-ring (bicyclic) bond motifs is 3. The summed E-state index contributed by atoms with van der Waals surface area (Å²) >= 11 is 3.41. The van der Waals surface area contributed by atoms with Crippen LogP contribution in [-0.4, -0.2) is 15.8 Å². The Kier molecular flexibility index (Phi) is 3.36. The molecule has 0 fully saturated rings. The molecule has 4 aromatic rings. The van der Waals surface area contributed by atoms with E-state index in [1.165, 1.54) is 0 Å². The molecule has 8 heteroatoms. The van der Waals surface area contributed by atoms with E-state index < -0.39 is 0 Å². The molecular weight excluding hydrogens is 386 g/mol. The highest BCUT2D eigenvalue weighted by Crippen LogP contribution is 2.29. The van der Waals surface area contributed by atoms with Gasteiger partial charge in [-0.2, -0.15) is 0 Å². The monoisotopic (exact) mass is 397 g/mol. The van der Waals surface area contributed by atoms with Crippen molar-refractivity contribution in [3.8, 4) is 11.4 Å². The topological polar surface area (TPSA) is 135 Å². The summed E-state index contributed by atoms with van der Waals surface area (Å²) in [5.74, 6) is 0.197. The van der Waals surface area contributed by atoms with E-state index in [0.717, 1.165) is 9.86 Å². The lowest BCUT2D eigenvalue weighted by Crippen LogP contribution is -2.14. The second kappa shape index (κ2) is 5.45. The van der Waals surface area contributed by atoms with Crippen LogP contribution in [0.5, 0.6) is 0 Å². The maximum absolute atomic E-state index is 12.4. The number of H-pyrrole nitrogens is 1. The van der Waals surface area contributed by atoms with E-state index >= 15 is 0 Å². The van der Waals surface area contributed by atoms with Gasteiger partial charge in [0.15, 0.2) is 0 Å². The molecule has 2 aromatic heterocycles. The lowest BCUT2D eigenvalue weighted by molar-refractivity contribution is 0.661. The van der Waals surface area contributed by atoms with E-state index in [2.05, 4.69) is 25.9 Å². The molecule has 0 saturated carbocycles. The predicted molar refractivity (Wildman–Crippen MR) is 101 cm³/mol. The van der Waals surface area contributed by atoms with Crippen LogP contribution >= 0.6 is 15.9 Å². The predicted octanol–water partition coefficient (Wildman–Crippen LogP) is 2.97. The quantitative estimate of drug-likeness (QED) is 0.234. The summed E-state index contributed by atoms with van der Waals surface area (Å²) in [6, 6.07) is 10.4. The summed E-state index contributed by atoms with van der Waals surface area (Å²) in [7, 11) is 0. The minimum absolute atomic E-state index is 0.152. The van der Waals surface area contributed by atoms with E-state index in [0.29, 0.717) is 33.7 Å². The third-order valence-electron chi connectivity index (χ3n) is 3.90. The first-order chi connectivity index (χ1) is 11.9. The molecule has 0 unspecified atom stereocenters. The molecule has 0 atom stereocenters. The zero-order valence-electron chi connectivity index (χ0n) is 12.8. The Morgan fingerprint density at radius 2 is 2.04 bits per heavy atom. The number of nitrogens with zero attached hydrogens (tertiary/aromatic N) is 1. The third kappa shape index (κ3) is 2.47. The normalized spacial score (nSPS) is 11.2. The SMILES string of the molecule is N=C(N)c1cc(-c2nc3c(oc4ccc(Br)cc43)c(=O)[nH]2)ccc1N. The second-order valence-electron chi connectivity index (χ2n) is 5.55. The first kappa shape index (κ1) is 15.4. The third-order valence-corrected chi connectivity index (χ3v) is 4.40. The maximum Gasteiger partial charge on any atom is 0.294 e. The lowest BCUT2D eigenvalue weighted by atomic mass is 10.1. The van der Waals surface area contributed by atoms with E-state index in [1.807, 2.05) is 12.1 Å². The molecule has 6 N–H and O–H groups in total. The fourth-order valence-electron chi connectivity index (χ4n) is 2.70. The van der Waals surface area contributed by atoms with Crippen LogP contribution in [0.4, 0.5) is 5.69 Å². The summed E-state index contributed by atoms with van der Waals surface area (Å²) in [5.41, 5.74) is 13.6. The van der Waals surface area contributed by atoms with Crippen molar-refractivity contribution in [2.75, 3.05) is 5.73 Å². The van der Waals surface area contributed by atoms with Crippen LogP contribution < -0.4 is 17.0 Å². The molecule has 0 aliphatic rings. The molecule has 4 rings (SSSR count). The molecule has 2 aromatic carbocycles. The second-order valence-corrected chi connectivity index (χ2v) is 6.47. The van der Waals surface area contributed by atoms with Gasteiger partial charge in [-0.05, 0) is 36.4 Å². The number of aromatic nitrogens is 2. The van der Waals surface area contributed by atoms with Gasteiger partial charge in [-0.1, -0.05) is 15.9 Å². The van der Waals surface area contributed by atoms with Gasteiger partial charge in [0.05, 0.1) is 0 Å². The Hall–Kier alpha value is -3.13. The van der Waals surface area contributed by atoms with E-state index in [-0.39, 0.29) is 17.0 Å². The number of nitrogens with one attached hydrogen (secondary N) is 2. The highest BCUT2D eigenvalue weighted by Gasteiger charge is 2.15. The van der Waals surface area contributed by atoms with Gasteiger partial charge >= 0.3 is 0 Å². The number of hydrogen-bond donors (Lipinski definition) is 4. The van der Waals surface area contributed by atoms with Crippen molar-refractivity contribution in [2.45, 2.75) is 0 Å². The zero-order valence-corrected chi connectivity index (χ0v) is 14.3. The summed E-state index contributed by atoms with van der Waals surface area (Å²) in [6.45, 7) is 0. The molecule has 7 nitrogen and oxygen atoms in total. The van der Waals surface area contributed by atoms with Gasteiger partial charge in [-0.25, -0.2) is 4.98 Å². The summed E-state index contributed by atoms with van der Waals surface area (Å²) in [6.07, 6.45) is 0. The lowest BCUT2D eigenvalue weighted by Gasteiger charge is -2.07. The van der Waals surface area contributed by atoms with Crippen molar-refractivity contribution in [3.05, 3.63) is 56.8 Å². The van der Waals surface area contributed by atoms with Gasteiger partial charge in [0.25, 0.3) is 5.56 Å². The number of furan rings is 1. The van der Waals surface area contributed by atoms with E-state index in [4.69, 9.17) is 21.3 Å². The smallest absolute Gasteiger partial charge is 0.294 e. The molecule has 2 heterocycles. The fourth-order valence-corrected chi connectivity index (χ4v) is 3.06. The molecule has 0 bridgehead atoms. The van der Waals surface area contributed by atoms with E-state index in [9.17, 15) is 4.79 Å². The zero-order chi connectivity index (χ0) is 17.7. The summed E-state index contributed by atoms with van der Waals surface area (Å²) in [5, 5.41) is 8.34. The number of aromatic amines is 1. The maximum atomic E-state index is 12.4. The number of rotatable bonds is 2. The molecule has 0 radical (unpaired) electrons. The summed E-state index contributed by atoms with van der Waals surface area (Å²) < 4.78 is 6.47. The molecule has 0 spiro atoms. The molecule has 0 aliphatic heterocycles. The number of amidine groups is 1. The molecule has 25 heavy (non-hydrogen) atoms. The Labute approximate surface area is 149 Å². The molecular formula is C17H12BrN5O2. The highest BCUT2D eigenvalue weighted by atomic mass is 79.9. The Morgan fingerprint density at radius 1 is 1.24 bits per heavy atom. The summed E-state index contributed by atoms with van der Waals surface area (Å²) in [4.78, 5) is 19.7. The Bertz CT molecular complexity index is 1230. The van der Waals surface area contributed by atoms with Crippen molar-refractivity contribution in [1.82, 2.24) is 9.97 Å². The van der Waals surface area contributed by atoms with Crippen molar-refractivity contribution in [1.29, 1.82) is 5.41 Å². The standard InChI is InChI=1S/C17H12BrN5O2/c18-8-2-4-12-10(6-8)13-14(25-12)17(24)23-16(22-13)7-1-3-11(19)9(5-7)15(20)21/h1-6H,19H2,(H3,20,21)(H,22,23,24). The van der Waals surface area contributed by atoms with Crippen LogP contribution in [0.3, 0.4) is 0 Å². The first-order valence-electron chi connectivity index (χ1n) is 7.30. The molecule has 0 amide bonds. The minimum atomic E-state index is -0.381. The van der Waals surface area contributed by atoms with Gasteiger partial charge in [0.2, 0.25) is 5.58 Å². The van der Waals surface area contributed by atoms with Gasteiger partial charge in [-0.15, -0.1) is 0 Å². The molecule has 124 valence electrons. The van der Waals surface area contributed by atoms with Gasteiger partial charge in [0.1, 0.15) is 22.8 Å². The van der Waals surface area contributed by atoms with Crippen molar-refractivity contribution in [3.63, 3.8) is 0 Å². The fraction of sp³-hybridized carbons (Fsp3) is 0. The van der Waals surface area contributed by atoms with Crippen LogP contribution in [0.15, 0.2) is 50.1 Å². The average Bonchev–Trinajstić information content (AvgIpc) is 2.93. The highest BCUT2D eigenvalue weighted by molar-refractivity contribution is 9.10. The first-order valence-corrected chi connectivity index (χ1v) is 8.09. The minimum Gasteiger partial charge on any atom is -0.449 e.